The Morgan fingerprint density at radius 1 is 1.32 bits per heavy atom. The van der Waals surface area contributed by atoms with Crippen molar-refractivity contribution in [3.05, 3.63) is 29.8 Å². The van der Waals surface area contributed by atoms with Crippen LogP contribution in [0.3, 0.4) is 0 Å². The molecule has 25 heavy (non-hydrogen) atoms. The van der Waals surface area contributed by atoms with Crippen LogP contribution in [0.2, 0.25) is 0 Å². The Bertz CT molecular complexity index is 552. The molecule has 1 heterocycles. The molecule has 1 amide bonds. The van der Waals surface area contributed by atoms with Gasteiger partial charge in [0.15, 0.2) is 0 Å². The van der Waals surface area contributed by atoms with Gasteiger partial charge in [-0.05, 0) is 36.0 Å². The SMILES string of the molecule is CC(C)(C)c1cccc(OCCNC(=O)C2(CN)CCOCC2)c1.Cl. The fourth-order valence-corrected chi connectivity index (χ4v) is 2.86. The first-order chi connectivity index (χ1) is 11.4. The maximum Gasteiger partial charge on any atom is 0.227 e. The minimum absolute atomic E-state index is 0. The summed E-state index contributed by atoms with van der Waals surface area (Å²) in [5.74, 6) is 0.844. The van der Waals surface area contributed by atoms with Gasteiger partial charge in [0.25, 0.3) is 0 Å². The third-order valence-corrected chi connectivity index (χ3v) is 4.68. The van der Waals surface area contributed by atoms with Crippen molar-refractivity contribution in [2.75, 3.05) is 32.9 Å². The lowest BCUT2D eigenvalue weighted by molar-refractivity contribution is -0.136. The number of carbonyl (C=O) groups is 1. The molecule has 0 aromatic heterocycles. The number of ether oxygens (including phenoxy) is 2. The molecule has 142 valence electrons. The van der Waals surface area contributed by atoms with Gasteiger partial charge in [-0.15, -0.1) is 12.4 Å². The van der Waals surface area contributed by atoms with Crippen molar-refractivity contribution in [2.45, 2.75) is 39.0 Å². The van der Waals surface area contributed by atoms with Gasteiger partial charge in [-0.25, -0.2) is 0 Å². The third kappa shape index (κ3) is 5.87. The fourth-order valence-electron chi connectivity index (χ4n) is 2.86. The van der Waals surface area contributed by atoms with E-state index in [4.69, 9.17) is 15.2 Å². The molecule has 0 saturated carbocycles. The average Bonchev–Trinajstić information content (AvgIpc) is 2.58. The van der Waals surface area contributed by atoms with Crippen LogP contribution in [0.5, 0.6) is 5.75 Å². The van der Waals surface area contributed by atoms with E-state index in [9.17, 15) is 4.79 Å². The van der Waals surface area contributed by atoms with E-state index in [0.717, 1.165) is 5.75 Å². The summed E-state index contributed by atoms with van der Waals surface area (Å²) in [6.45, 7) is 8.99. The lowest BCUT2D eigenvalue weighted by Crippen LogP contribution is -2.49. The van der Waals surface area contributed by atoms with Crippen molar-refractivity contribution in [1.29, 1.82) is 0 Å². The lowest BCUT2D eigenvalue weighted by atomic mass is 9.79. The van der Waals surface area contributed by atoms with Crippen LogP contribution in [0.15, 0.2) is 24.3 Å². The van der Waals surface area contributed by atoms with Crippen LogP contribution in [0.1, 0.15) is 39.2 Å². The van der Waals surface area contributed by atoms with Gasteiger partial charge in [0.1, 0.15) is 12.4 Å². The molecule has 0 aliphatic carbocycles. The smallest absolute Gasteiger partial charge is 0.227 e. The van der Waals surface area contributed by atoms with Gasteiger partial charge < -0.3 is 20.5 Å². The zero-order valence-electron chi connectivity index (χ0n) is 15.5. The van der Waals surface area contributed by atoms with Gasteiger partial charge >= 0.3 is 0 Å². The molecule has 5 nitrogen and oxygen atoms in total. The molecule has 0 unspecified atom stereocenters. The highest BCUT2D eigenvalue weighted by atomic mass is 35.5. The highest BCUT2D eigenvalue weighted by Gasteiger charge is 2.38. The van der Waals surface area contributed by atoms with Gasteiger partial charge in [-0.1, -0.05) is 32.9 Å². The molecule has 1 aromatic carbocycles. The Morgan fingerprint density at radius 2 is 2.00 bits per heavy atom. The largest absolute Gasteiger partial charge is 0.492 e. The van der Waals surface area contributed by atoms with Gasteiger partial charge in [0.2, 0.25) is 5.91 Å². The molecule has 2 rings (SSSR count). The maximum absolute atomic E-state index is 12.4. The van der Waals surface area contributed by atoms with Crippen LogP contribution < -0.4 is 15.8 Å². The Labute approximate surface area is 157 Å². The predicted molar refractivity (Wildman–Crippen MR) is 102 cm³/mol. The minimum atomic E-state index is -0.482. The average molecular weight is 371 g/mol. The van der Waals surface area contributed by atoms with E-state index in [-0.39, 0.29) is 23.7 Å². The normalized spacial score (nSPS) is 16.6. The highest BCUT2D eigenvalue weighted by molar-refractivity contribution is 5.85. The molecule has 0 radical (unpaired) electrons. The summed E-state index contributed by atoms with van der Waals surface area (Å²) < 4.78 is 11.1. The molecule has 3 N–H and O–H groups in total. The first kappa shape index (κ1) is 21.7. The lowest BCUT2D eigenvalue weighted by Gasteiger charge is -2.34. The van der Waals surface area contributed by atoms with E-state index < -0.39 is 5.41 Å². The van der Waals surface area contributed by atoms with E-state index in [2.05, 4.69) is 38.2 Å². The summed E-state index contributed by atoms with van der Waals surface area (Å²) in [6.07, 6.45) is 1.37. The Hall–Kier alpha value is -1.30. The molecule has 1 aromatic rings. The van der Waals surface area contributed by atoms with Gasteiger partial charge in [0, 0.05) is 19.8 Å². The van der Waals surface area contributed by atoms with Crippen molar-refractivity contribution >= 4 is 18.3 Å². The topological polar surface area (TPSA) is 73.6 Å². The summed E-state index contributed by atoms with van der Waals surface area (Å²) in [5, 5.41) is 2.96. The second kappa shape index (κ2) is 9.41. The highest BCUT2D eigenvalue weighted by Crippen LogP contribution is 2.29. The van der Waals surface area contributed by atoms with Crippen LogP contribution in [-0.2, 0) is 14.9 Å². The monoisotopic (exact) mass is 370 g/mol. The van der Waals surface area contributed by atoms with E-state index >= 15 is 0 Å². The first-order valence-corrected chi connectivity index (χ1v) is 8.67. The van der Waals surface area contributed by atoms with Crippen LogP contribution >= 0.6 is 12.4 Å². The summed E-state index contributed by atoms with van der Waals surface area (Å²) in [7, 11) is 0. The van der Waals surface area contributed by atoms with Gasteiger partial charge in [0.05, 0.1) is 12.0 Å². The molecule has 1 fully saturated rings. The Balaban J connectivity index is 0.00000312. The van der Waals surface area contributed by atoms with Crippen LogP contribution in [0.4, 0.5) is 0 Å². The van der Waals surface area contributed by atoms with Gasteiger partial charge in [-0.2, -0.15) is 0 Å². The van der Waals surface area contributed by atoms with E-state index in [0.29, 0.717) is 45.8 Å². The third-order valence-electron chi connectivity index (χ3n) is 4.68. The zero-order valence-corrected chi connectivity index (χ0v) is 16.3. The zero-order chi connectivity index (χ0) is 17.6. The van der Waals surface area contributed by atoms with Gasteiger partial charge in [-0.3, -0.25) is 4.79 Å². The summed E-state index contributed by atoms with van der Waals surface area (Å²) in [5.41, 5.74) is 6.68. The number of hydrogen-bond donors (Lipinski definition) is 2. The number of hydrogen-bond acceptors (Lipinski definition) is 4. The number of halogens is 1. The van der Waals surface area contributed by atoms with Crippen molar-refractivity contribution in [3.8, 4) is 5.75 Å². The van der Waals surface area contributed by atoms with Crippen LogP contribution in [0, 0.1) is 5.41 Å². The van der Waals surface area contributed by atoms with Crippen LogP contribution in [-0.4, -0.2) is 38.8 Å². The summed E-state index contributed by atoms with van der Waals surface area (Å²) in [6, 6.07) is 8.10. The number of amides is 1. The fraction of sp³-hybridized carbons (Fsp3) is 0.632. The summed E-state index contributed by atoms with van der Waals surface area (Å²) in [4.78, 5) is 12.4. The number of nitrogens with one attached hydrogen (secondary N) is 1. The van der Waals surface area contributed by atoms with E-state index in [1.165, 1.54) is 5.56 Å². The van der Waals surface area contributed by atoms with Crippen molar-refractivity contribution < 1.29 is 14.3 Å². The molecule has 0 atom stereocenters. The van der Waals surface area contributed by atoms with Crippen molar-refractivity contribution in [2.24, 2.45) is 11.1 Å². The molecule has 1 saturated heterocycles. The Morgan fingerprint density at radius 3 is 2.60 bits per heavy atom. The van der Waals surface area contributed by atoms with E-state index in [1.807, 2.05) is 12.1 Å². The quantitative estimate of drug-likeness (QED) is 0.755. The number of benzene rings is 1. The summed E-state index contributed by atoms with van der Waals surface area (Å²) >= 11 is 0. The van der Waals surface area contributed by atoms with Crippen molar-refractivity contribution in [1.82, 2.24) is 5.32 Å². The molecule has 1 aliphatic heterocycles. The molecule has 0 spiro atoms. The molecular formula is C19H31ClN2O3. The second-order valence-electron chi connectivity index (χ2n) is 7.48. The second-order valence-corrected chi connectivity index (χ2v) is 7.48. The first-order valence-electron chi connectivity index (χ1n) is 8.67. The number of nitrogens with two attached hydrogens (primary N) is 1. The number of rotatable bonds is 6. The Kier molecular flexibility index (Phi) is 8.19. The maximum atomic E-state index is 12.4. The predicted octanol–water partition coefficient (Wildman–Crippen LogP) is 2.66. The van der Waals surface area contributed by atoms with Crippen LogP contribution in [0.25, 0.3) is 0 Å². The molecule has 6 heteroatoms. The standard InChI is InChI=1S/C19H30N2O3.ClH/c1-18(2,3)15-5-4-6-16(13-15)24-12-9-21-17(22)19(14-20)7-10-23-11-8-19;/h4-6,13H,7-12,14,20H2,1-3H3,(H,21,22);1H. The van der Waals surface area contributed by atoms with E-state index in [1.54, 1.807) is 0 Å². The van der Waals surface area contributed by atoms with Crippen molar-refractivity contribution in [3.63, 3.8) is 0 Å². The number of carbonyl (C=O) groups excluding carboxylic acids is 1. The molecule has 0 bridgehead atoms. The minimum Gasteiger partial charge on any atom is -0.492 e. The molecular weight excluding hydrogens is 340 g/mol. The molecule has 1 aliphatic rings.